The molecule has 2 rings (SSSR count). The van der Waals surface area contributed by atoms with Crippen molar-refractivity contribution in [2.45, 2.75) is 13.8 Å². The maximum Gasteiger partial charge on any atom is 0.196 e. The summed E-state index contributed by atoms with van der Waals surface area (Å²) in [6.45, 7) is 3.21. The fourth-order valence-electron chi connectivity index (χ4n) is 2.00. The van der Waals surface area contributed by atoms with Crippen LogP contribution >= 0.6 is 0 Å². The first kappa shape index (κ1) is 15.6. The second kappa shape index (κ2) is 6.76. The van der Waals surface area contributed by atoms with Crippen LogP contribution in [-0.2, 0) is 4.79 Å². The summed E-state index contributed by atoms with van der Waals surface area (Å²) in [5, 5.41) is 0. The zero-order valence-corrected chi connectivity index (χ0v) is 12.5. The van der Waals surface area contributed by atoms with Gasteiger partial charge in [0.25, 0.3) is 0 Å². The van der Waals surface area contributed by atoms with Crippen LogP contribution < -0.4 is 0 Å². The van der Waals surface area contributed by atoms with Crippen molar-refractivity contribution >= 4 is 17.3 Å². The Morgan fingerprint density at radius 1 is 0.818 bits per heavy atom. The van der Waals surface area contributed by atoms with E-state index in [4.69, 9.17) is 0 Å². The number of benzene rings is 2. The first-order valence-corrected chi connectivity index (χ1v) is 6.92. The van der Waals surface area contributed by atoms with E-state index < -0.39 is 11.6 Å². The quantitative estimate of drug-likeness (QED) is 0.366. The Balaban J connectivity index is 2.35. The van der Waals surface area contributed by atoms with Gasteiger partial charge in [0.05, 0.1) is 5.57 Å². The van der Waals surface area contributed by atoms with Crippen LogP contribution in [0.1, 0.15) is 33.2 Å². The standard InChI is InChI=1S/C19H16O3/c1-13-8-10-15(11-9-13)18(21)12-17(14(2)20)19(22)16-6-4-3-5-7-16/h3-12H,1-2H3. The van der Waals surface area contributed by atoms with Crippen LogP contribution in [0.3, 0.4) is 0 Å². The monoisotopic (exact) mass is 292 g/mol. The lowest BCUT2D eigenvalue weighted by Crippen LogP contribution is -2.13. The Morgan fingerprint density at radius 2 is 1.41 bits per heavy atom. The first-order chi connectivity index (χ1) is 10.5. The summed E-state index contributed by atoms with van der Waals surface area (Å²) in [5.41, 5.74) is 1.77. The number of hydrogen-bond donors (Lipinski definition) is 0. The van der Waals surface area contributed by atoms with E-state index in [-0.39, 0.29) is 11.4 Å². The van der Waals surface area contributed by atoms with Crippen LogP contribution in [0.25, 0.3) is 0 Å². The Kier molecular flexibility index (Phi) is 4.79. The second-order valence-electron chi connectivity index (χ2n) is 5.04. The summed E-state index contributed by atoms with van der Waals surface area (Å²) in [6.07, 6.45) is 1.13. The lowest BCUT2D eigenvalue weighted by atomic mass is 9.97. The van der Waals surface area contributed by atoms with Crippen molar-refractivity contribution in [2.75, 3.05) is 0 Å². The first-order valence-electron chi connectivity index (χ1n) is 6.92. The molecule has 0 amide bonds. The van der Waals surface area contributed by atoms with Gasteiger partial charge in [-0.1, -0.05) is 60.2 Å². The van der Waals surface area contributed by atoms with Crippen LogP contribution in [0.15, 0.2) is 66.2 Å². The Labute approximate surface area is 129 Å². The molecule has 3 heteroatoms. The molecule has 22 heavy (non-hydrogen) atoms. The highest BCUT2D eigenvalue weighted by atomic mass is 16.2. The zero-order chi connectivity index (χ0) is 16.1. The molecular formula is C19H16O3. The highest BCUT2D eigenvalue weighted by Crippen LogP contribution is 2.12. The van der Waals surface area contributed by atoms with Crippen LogP contribution in [0.4, 0.5) is 0 Å². The number of Topliss-reactive ketones (excluding diaryl/α,β-unsaturated/α-hetero) is 2. The molecule has 0 aliphatic heterocycles. The van der Waals surface area contributed by atoms with Gasteiger partial charge in [0.1, 0.15) is 0 Å². The molecule has 0 N–H and O–H groups in total. The van der Waals surface area contributed by atoms with Crippen molar-refractivity contribution in [1.82, 2.24) is 0 Å². The number of allylic oxidation sites excluding steroid dienone is 2. The molecular weight excluding hydrogens is 276 g/mol. The Bertz CT molecular complexity index is 738. The molecule has 0 saturated carbocycles. The maximum absolute atomic E-state index is 12.4. The van der Waals surface area contributed by atoms with E-state index in [1.54, 1.807) is 42.5 Å². The molecule has 0 unspecified atom stereocenters. The number of aryl methyl sites for hydroxylation is 1. The van der Waals surface area contributed by atoms with E-state index in [0.717, 1.165) is 11.6 Å². The third-order valence-corrected chi connectivity index (χ3v) is 3.27. The van der Waals surface area contributed by atoms with E-state index in [9.17, 15) is 14.4 Å². The third-order valence-electron chi connectivity index (χ3n) is 3.27. The molecule has 0 aromatic heterocycles. The minimum atomic E-state index is -0.437. The fourth-order valence-corrected chi connectivity index (χ4v) is 2.00. The van der Waals surface area contributed by atoms with Gasteiger partial charge in [-0.3, -0.25) is 14.4 Å². The zero-order valence-electron chi connectivity index (χ0n) is 12.5. The third kappa shape index (κ3) is 3.64. The van der Waals surface area contributed by atoms with Gasteiger partial charge in [-0.05, 0) is 13.8 Å². The molecule has 2 aromatic carbocycles. The highest BCUT2D eigenvalue weighted by Gasteiger charge is 2.18. The second-order valence-corrected chi connectivity index (χ2v) is 5.04. The summed E-state index contributed by atoms with van der Waals surface area (Å²) in [4.78, 5) is 36.3. The average molecular weight is 292 g/mol. The van der Waals surface area contributed by atoms with E-state index in [1.807, 2.05) is 19.1 Å². The van der Waals surface area contributed by atoms with Crippen LogP contribution in [0, 0.1) is 6.92 Å². The van der Waals surface area contributed by atoms with Crippen molar-refractivity contribution in [3.8, 4) is 0 Å². The summed E-state index contributed by atoms with van der Waals surface area (Å²) in [7, 11) is 0. The van der Waals surface area contributed by atoms with Gasteiger partial charge in [0.2, 0.25) is 0 Å². The molecule has 0 fully saturated rings. The molecule has 3 nitrogen and oxygen atoms in total. The Hall–Kier alpha value is -2.81. The van der Waals surface area contributed by atoms with Gasteiger partial charge >= 0.3 is 0 Å². The minimum Gasteiger partial charge on any atom is -0.294 e. The maximum atomic E-state index is 12.4. The van der Waals surface area contributed by atoms with Crippen molar-refractivity contribution in [3.63, 3.8) is 0 Å². The molecule has 0 heterocycles. The number of carbonyl (C=O) groups is 3. The summed E-state index contributed by atoms with van der Waals surface area (Å²) < 4.78 is 0. The normalized spacial score (nSPS) is 11.1. The van der Waals surface area contributed by atoms with E-state index >= 15 is 0 Å². The molecule has 0 spiro atoms. The van der Waals surface area contributed by atoms with Gasteiger partial charge in [-0.2, -0.15) is 0 Å². The smallest absolute Gasteiger partial charge is 0.196 e. The van der Waals surface area contributed by atoms with Gasteiger partial charge in [0, 0.05) is 17.2 Å². The van der Waals surface area contributed by atoms with Crippen LogP contribution in [0.2, 0.25) is 0 Å². The van der Waals surface area contributed by atoms with Gasteiger partial charge in [-0.25, -0.2) is 0 Å². The average Bonchev–Trinajstić information content (AvgIpc) is 2.53. The number of carbonyl (C=O) groups excluding carboxylic acids is 3. The topological polar surface area (TPSA) is 51.2 Å². The van der Waals surface area contributed by atoms with Crippen molar-refractivity contribution in [1.29, 1.82) is 0 Å². The predicted octanol–water partition coefficient (Wildman–Crippen LogP) is 3.58. The van der Waals surface area contributed by atoms with Crippen LogP contribution in [0.5, 0.6) is 0 Å². The molecule has 2 aromatic rings. The summed E-state index contributed by atoms with van der Waals surface area (Å²) in [5.74, 6) is -1.21. The molecule has 0 saturated heterocycles. The van der Waals surface area contributed by atoms with E-state index in [2.05, 4.69) is 0 Å². The molecule has 0 bridgehead atoms. The Morgan fingerprint density at radius 3 is 1.95 bits per heavy atom. The number of ketones is 3. The minimum absolute atomic E-state index is 0.100. The van der Waals surface area contributed by atoms with Gasteiger partial charge in [-0.15, -0.1) is 0 Å². The molecule has 110 valence electrons. The SMILES string of the molecule is CC(=O)C(=CC(=O)c1ccc(C)cc1)C(=O)c1ccccc1. The molecule has 0 atom stereocenters. The molecule has 0 aliphatic carbocycles. The largest absolute Gasteiger partial charge is 0.294 e. The summed E-state index contributed by atoms with van der Waals surface area (Å²) >= 11 is 0. The lowest BCUT2D eigenvalue weighted by molar-refractivity contribution is -0.113. The number of rotatable bonds is 5. The summed E-state index contributed by atoms with van der Waals surface area (Å²) in [6, 6.07) is 15.4. The predicted molar refractivity (Wildman–Crippen MR) is 85.0 cm³/mol. The van der Waals surface area contributed by atoms with Crippen molar-refractivity contribution < 1.29 is 14.4 Å². The molecule has 0 radical (unpaired) electrons. The van der Waals surface area contributed by atoms with Gasteiger partial charge < -0.3 is 0 Å². The van der Waals surface area contributed by atoms with Gasteiger partial charge in [0.15, 0.2) is 17.3 Å². The molecule has 0 aliphatic rings. The number of hydrogen-bond acceptors (Lipinski definition) is 3. The van der Waals surface area contributed by atoms with Crippen molar-refractivity contribution in [2.24, 2.45) is 0 Å². The lowest BCUT2D eigenvalue weighted by Gasteiger charge is -2.04. The fraction of sp³-hybridized carbons (Fsp3) is 0.105. The van der Waals surface area contributed by atoms with E-state index in [0.29, 0.717) is 11.1 Å². The van der Waals surface area contributed by atoms with Crippen molar-refractivity contribution in [3.05, 3.63) is 82.9 Å². The van der Waals surface area contributed by atoms with E-state index in [1.165, 1.54) is 6.92 Å². The van der Waals surface area contributed by atoms with Crippen LogP contribution in [-0.4, -0.2) is 17.3 Å². The highest BCUT2D eigenvalue weighted by molar-refractivity contribution is 6.28.